The molecule has 0 fully saturated rings. The lowest BCUT2D eigenvalue weighted by atomic mass is 10.0. The summed E-state index contributed by atoms with van der Waals surface area (Å²) < 4.78 is 0. The minimum Gasteiger partial charge on any atom is -0.480 e. The first-order valence-corrected chi connectivity index (χ1v) is 13.0. The summed E-state index contributed by atoms with van der Waals surface area (Å²) >= 11 is 0. The van der Waals surface area contributed by atoms with Crippen LogP contribution >= 0.6 is 0 Å². The number of carbonyl (C=O) groups is 6. The highest BCUT2D eigenvalue weighted by atomic mass is 16.4. The number of aliphatic imine (C=N–C) groups is 1. The fourth-order valence-corrected chi connectivity index (χ4v) is 3.64. The van der Waals surface area contributed by atoms with E-state index in [1.165, 1.54) is 0 Å². The fraction of sp³-hybridized carbons (Fsp3) is 0.480. The first kappa shape index (κ1) is 35.3. The number of benzene rings is 1. The van der Waals surface area contributed by atoms with Crippen molar-refractivity contribution < 1.29 is 39.0 Å². The third-order valence-corrected chi connectivity index (χ3v) is 5.81. The molecule has 1 aromatic carbocycles. The van der Waals surface area contributed by atoms with Gasteiger partial charge < -0.3 is 54.4 Å². The summed E-state index contributed by atoms with van der Waals surface area (Å²) in [7, 11) is 0. The number of primary amides is 1. The molecule has 0 saturated carbocycles. The van der Waals surface area contributed by atoms with Gasteiger partial charge in [0.05, 0.1) is 13.2 Å². The number of carboxylic acids is 1. The van der Waals surface area contributed by atoms with Gasteiger partial charge >= 0.3 is 5.97 Å². The van der Waals surface area contributed by atoms with Crippen LogP contribution in [-0.4, -0.2) is 95.5 Å². The van der Waals surface area contributed by atoms with Gasteiger partial charge in [0.25, 0.3) is 0 Å². The van der Waals surface area contributed by atoms with Crippen molar-refractivity contribution in [1.82, 2.24) is 21.3 Å². The molecule has 0 aliphatic carbocycles. The Kier molecular flexibility index (Phi) is 15.6. The van der Waals surface area contributed by atoms with E-state index >= 15 is 0 Å². The first-order chi connectivity index (χ1) is 19.9. The van der Waals surface area contributed by atoms with Gasteiger partial charge in [-0.1, -0.05) is 30.3 Å². The molecule has 1 aromatic rings. The maximum absolute atomic E-state index is 13.2. The van der Waals surface area contributed by atoms with Crippen LogP contribution in [0, 0.1) is 0 Å². The lowest BCUT2D eigenvalue weighted by Crippen LogP contribution is -2.59. The molecule has 0 aromatic heterocycles. The summed E-state index contributed by atoms with van der Waals surface area (Å²) in [4.78, 5) is 77.6. The minimum atomic E-state index is -1.61. The number of guanidine groups is 1. The number of carboxylic acid groups (broad SMARTS) is 1. The topological polar surface area (TPSA) is 307 Å². The number of aliphatic hydroxyl groups is 1. The Morgan fingerprint density at radius 1 is 0.786 bits per heavy atom. The summed E-state index contributed by atoms with van der Waals surface area (Å²) in [6, 6.07) is 3.11. The molecule has 0 aliphatic rings. The van der Waals surface area contributed by atoms with Crippen molar-refractivity contribution in [2.75, 3.05) is 19.7 Å². The summed E-state index contributed by atoms with van der Waals surface area (Å²) in [6.45, 7) is -1.21. The molecule has 17 nitrogen and oxygen atoms in total. The van der Waals surface area contributed by atoms with Crippen molar-refractivity contribution in [3.63, 3.8) is 0 Å². The van der Waals surface area contributed by atoms with Crippen LogP contribution in [0.1, 0.15) is 31.2 Å². The van der Waals surface area contributed by atoms with Crippen LogP contribution in [0.4, 0.5) is 0 Å². The number of hydrogen-bond donors (Lipinski definition) is 10. The van der Waals surface area contributed by atoms with Gasteiger partial charge in [0, 0.05) is 19.4 Å². The molecule has 0 saturated heterocycles. The summed E-state index contributed by atoms with van der Waals surface area (Å²) in [5.41, 5.74) is 21.7. The molecular formula is C25H39N9O8. The third-order valence-electron chi connectivity index (χ3n) is 5.81. The molecule has 42 heavy (non-hydrogen) atoms. The van der Waals surface area contributed by atoms with Gasteiger partial charge in [-0.2, -0.15) is 0 Å². The number of aliphatic carboxylic acids is 1. The number of amides is 5. The second-order valence-corrected chi connectivity index (χ2v) is 9.17. The van der Waals surface area contributed by atoms with E-state index < -0.39 is 72.8 Å². The van der Waals surface area contributed by atoms with Gasteiger partial charge in [-0.3, -0.25) is 29.0 Å². The maximum atomic E-state index is 13.2. The quantitative estimate of drug-likeness (QED) is 0.0414. The lowest BCUT2D eigenvalue weighted by molar-refractivity contribution is -0.142. The number of hydrogen-bond acceptors (Lipinski definition) is 9. The summed E-state index contributed by atoms with van der Waals surface area (Å²) in [5.74, 6) is -5.73. The molecule has 0 unspecified atom stereocenters. The van der Waals surface area contributed by atoms with Crippen LogP contribution in [0.5, 0.6) is 0 Å². The van der Waals surface area contributed by atoms with Crippen LogP contribution < -0.4 is 44.2 Å². The van der Waals surface area contributed by atoms with E-state index in [1.54, 1.807) is 30.3 Å². The second kappa shape index (κ2) is 18.6. The predicted molar refractivity (Wildman–Crippen MR) is 150 cm³/mol. The van der Waals surface area contributed by atoms with Crippen LogP contribution in [0.25, 0.3) is 0 Å². The summed E-state index contributed by atoms with van der Waals surface area (Å²) in [6.07, 6.45) is -0.415. The molecule has 0 heterocycles. The number of nitrogens with zero attached hydrogens (tertiary/aromatic N) is 1. The molecule has 0 radical (unpaired) electrons. The Morgan fingerprint density at radius 2 is 1.36 bits per heavy atom. The molecule has 4 atom stereocenters. The lowest BCUT2D eigenvalue weighted by Gasteiger charge is -2.25. The van der Waals surface area contributed by atoms with Crippen LogP contribution in [0.2, 0.25) is 0 Å². The van der Waals surface area contributed by atoms with Crippen molar-refractivity contribution in [2.24, 2.45) is 27.9 Å². The van der Waals surface area contributed by atoms with Crippen molar-refractivity contribution in [1.29, 1.82) is 0 Å². The Morgan fingerprint density at radius 3 is 1.90 bits per heavy atom. The smallest absolute Gasteiger partial charge is 0.326 e. The highest BCUT2D eigenvalue weighted by Crippen LogP contribution is 2.06. The Hall–Kier alpha value is -4.77. The van der Waals surface area contributed by atoms with Crippen LogP contribution in [-0.2, 0) is 35.2 Å². The second-order valence-electron chi connectivity index (χ2n) is 9.17. The minimum absolute atomic E-state index is 0.0456. The van der Waals surface area contributed by atoms with E-state index in [9.17, 15) is 39.0 Å². The first-order valence-electron chi connectivity index (χ1n) is 13.0. The van der Waals surface area contributed by atoms with E-state index in [0.29, 0.717) is 5.56 Å². The Balaban J connectivity index is 3.02. The van der Waals surface area contributed by atoms with E-state index in [2.05, 4.69) is 26.3 Å². The third kappa shape index (κ3) is 13.5. The molecule has 5 amide bonds. The molecule has 1 rings (SSSR count). The number of nitrogens with two attached hydrogens (primary N) is 4. The van der Waals surface area contributed by atoms with E-state index in [-0.39, 0.29) is 44.6 Å². The van der Waals surface area contributed by atoms with Crippen molar-refractivity contribution >= 4 is 41.5 Å². The zero-order valence-corrected chi connectivity index (χ0v) is 23.0. The zero-order valence-electron chi connectivity index (χ0n) is 23.0. The largest absolute Gasteiger partial charge is 0.480 e. The van der Waals surface area contributed by atoms with E-state index in [1.807, 2.05) is 0 Å². The molecule has 14 N–H and O–H groups in total. The molecule has 232 valence electrons. The number of nitrogens with one attached hydrogen (secondary N) is 4. The maximum Gasteiger partial charge on any atom is 0.326 e. The highest BCUT2D eigenvalue weighted by molar-refractivity contribution is 5.95. The SMILES string of the molecule is NCC(=O)N[C@@H](Cc1ccccc1)C(=O)N[C@@H](CCC(N)=O)C(=O)N[C@@H](CO)C(=O)N[C@@H](CCCN=C(N)N)C(=O)O. The van der Waals surface area contributed by atoms with Gasteiger partial charge in [0.2, 0.25) is 29.5 Å². The van der Waals surface area contributed by atoms with Crippen molar-refractivity contribution in [2.45, 2.75) is 56.3 Å². The Labute approximate surface area is 241 Å². The molecule has 0 aliphatic heterocycles. The van der Waals surface area contributed by atoms with Gasteiger partial charge in [-0.05, 0) is 24.8 Å². The van der Waals surface area contributed by atoms with Gasteiger partial charge in [-0.25, -0.2) is 4.79 Å². The molecule has 0 bridgehead atoms. The van der Waals surface area contributed by atoms with Gasteiger partial charge in [-0.15, -0.1) is 0 Å². The van der Waals surface area contributed by atoms with Crippen LogP contribution in [0.3, 0.4) is 0 Å². The fourth-order valence-electron chi connectivity index (χ4n) is 3.64. The van der Waals surface area contributed by atoms with Crippen molar-refractivity contribution in [3.8, 4) is 0 Å². The van der Waals surface area contributed by atoms with Crippen LogP contribution in [0.15, 0.2) is 35.3 Å². The monoisotopic (exact) mass is 593 g/mol. The van der Waals surface area contributed by atoms with E-state index in [4.69, 9.17) is 22.9 Å². The molecule has 0 spiro atoms. The highest BCUT2D eigenvalue weighted by Gasteiger charge is 2.31. The zero-order chi connectivity index (χ0) is 31.7. The Bertz CT molecular complexity index is 1110. The van der Waals surface area contributed by atoms with Gasteiger partial charge in [0.15, 0.2) is 5.96 Å². The van der Waals surface area contributed by atoms with E-state index in [0.717, 1.165) is 0 Å². The number of rotatable bonds is 19. The normalized spacial score (nSPS) is 13.4. The average molecular weight is 594 g/mol. The van der Waals surface area contributed by atoms with Gasteiger partial charge in [0.1, 0.15) is 24.2 Å². The molecular weight excluding hydrogens is 554 g/mol. The summed E-state index contributed by atoms with van der Waals surface area (Å²) in [5, 5.41) is 28.5. The predicted octanol–water partition coefficient (Wildman–Crippen LogP) is -4.48. The standard InChI is InChI=1S/C25H39N9O8/c26-12-20(37)31-17(11-14-5-2-1-3-6-14)22(39)32-15(8-9-19(27)36)21(38)34-18(13-35)23(40)33-16(24(41)42)7-4-10-30-25(28)29/h1-3,5-6,15-18,35H,4,7-13,26H2,(H2,27,36)(H,31,37)(H,32,39)(H,33,40)(H,34,38)(H,41,42)(H4,28,29,30)/t15-,16-,17-,18-/m0/s1. The molecule has 17 heteroatoms. The number of aliphatic hydroxyl groups excluding tert-OH is 1. The van der Waals surface area contributed by atoms with Crippen molar-refractivity contribution in [3.05, 3.63) is 35.9 Å². The number of carbonyl (C=O) groups excluding carboxylic acids is 5. The average Bonchev–Trinajstić information content (AvgIpc) is 2.94.